The minimum atomic E-state index is -1.28. The fourth-order valence-electron chi connectivity index (χ4n) is 0.967. The molecule has 1 N–H and O–H groups in total. The number of rotatable bonds is 2. The molecule has 88 valence electrons. The predicted molar refractivity (Wildman–Crippen MR) is 57.0 cm³/mol. The lowest BCUT2D eigenvalue weighted by atomic mass is 10.4. The minimum absolute atomic E-state index is 0.00822. The summed E-state index contributed by atoms with van der Waals surface area (Å²) in [5.74, 6) is -2.16. The zero-order valence-corrected chi connectivity index (χ0v) is 9.52. The topological polar surface area (TPSA) is 67.8 Å². The zero-order chi connectivity index (χ0) is 12.4. The number of nitrogens with zero attached hydrogens (tertiary/aromatic N) is 3. The van der Waals surface area contributed by atoms with Gasteiger partial charge < -0.3 is 5.32 Å². The normalized spacial score (nSPS) is 10.3. The molecule has 0 aliphatic carbocycles. The maximum atomic E-state index is 13.0. The van der Waals surface area contributed by atoms with E-state index < -0.39 is 22.5 Å². The summed E-state index contributed by atoms with van der Waals surface area (Å²) in [5, 5.41) is 1.13. The lowest BCUT2D eigenvalue weighted by Gasteiger charge is -2.01. The van der Waals surface area contributed by atoms with Crippen molar-refractivity contribution in [3.05, 3.63) is 34.3 Å². The van der Waals surface area contributed by atoms with Crippen molar-refractivity contribution < 1.29 is 13.6 Å². The molecule has 0 atom stereocenters. The van der Waals surface area contributed by atoms with E-state index in [2.05, 4.69) is 19.7 Å². The smallest absolute Gasteiger partial charge is 0.278 e. The maximum Gasteiger partial charge on any atom is 0.278 e. The number of aromatic nitrogens is 3. The van der Waals surface area contributed by atoms with Gasteiger partial charge in [0, 0.05) is 0 Å². The second kappa shape index (κ2) is 4.68. The molecule has 0 aliphatic rings. The van der Waals surface area contributed by atoms with Crippen LogP contribution in [0.2, 0.25) is 5.28 Å². The van der Waals surface area contributed by atoms with Crippen LogP contribution in [-0.2, 0) is 0 Å². The van der Waals surface area contributed by atoms with Crippen molar-refractivity contribution in [2.75, 3.05) is 5.32 Å². The largest absolute Gasteiger partial charge is 0.318 e. The lowest BCUT2D eigenvalue weighted by molar-refractivity contribution is 0.101. The second-order valence-corrected chi connectivity index (χ2v) is 3.88. The molecule has 2 rings (SSSR count). The van der Waals surface area contributed by atoms with Gasteiger partial charge in [-0.15, -0.1) is 0 Å². The van der Waals surface area contributed by atoms with E-state index in [0.717, 1.165) is 0 Å². The molecule has 2 heterocycles. The first-order valence-corrected chi connectivity index (χ1v) is 5.32. The maximum absolute atomic E-state index is 13.0. The molecule has 0 unspecified atom stereocenters. The van der Waals surface area contributed by atoms with Crippen LogP contribution in [0, 0.1) is 10.9 Å². The molecule has 0 aliphatic heterocycles. The van der Waals surface area contributed by atoms with Gasteiger partial charge >= 0.3 is 0 Å². The van der Waals surface area contributed by atoms with Gasteiger partial charge in [-0.1, -0.05) is 0 Å². The van der Waals surface area contributed by atoms with E-state index in [-0.39, 0.29) is 22.5 Å². The molecule has 5 nitrogen and oxygen atoms in total. The first-order chi connectivity index (χ1) is 8.08. The Morgan fingerprint density at radius 3 is 2.53 bits per heavy atom. The standard InChI is InChI=1S/C8H3ClF2N4OS/c9-8-12-1-3(2-13-8)14-7(16)5-4(10)6(11)17-15-5/h1-2H,(H,14,16). The Bertz CT molecular complexity index is 559. The number of amides is 1. The Kier molecular flexibility index (Phi) is 3.25. The van der Waals surface area contributed by atoms with E-state index in [4.69, 9.17) is 11.6 Å². The Hall–Kier alpha value is -1.67. The van der Waals surface area contributed by atoms with Gasteiger partial charge in [-0.2, -0.15) is 8.76 Å². The second-order valence-electron chi connectivity index (χ2n) is 2.81. The number of hydrogen-bond donors (Lipinski definition) is 1. The van der Waals surface area contributed by atoms with E-state index >= 15 is 0 Å². The van der Waals surface area contributed by atoms with Crippen LogP contribution in [0.25, 0.3) is 0 Å². The summed E-state index contributed by atoms with van der Waals surface area (Å²) in [6.45, 7) is 0. The van der Waals surface area contributed by atoms with Gasteiger partial charge in [0.1, 0.15) is 0 Å². The predicted octanol–water partition coefficient (Wildman–Crippen LogP) is 2.12. The highest BCUT2D eigenvalue weighted by atomic mass is 35.5. The van der Waals surface area contributed by atoms with Crippen molar-refractivity contribution in [3.8, 4) is 0 Å². The van der Waals surface area contributed by atoms with Crippen molar-refractivity contribution in [2.45, 2.75) is 0 Å². The number of nitrogens with one attached hydrogen (secondary N) is 1. The molecule has 0 radical (unpaired) electrons. The molecule has 2 aromatic rings. The fraction of sp³-hybridized carbons (Fsp3) is 0. The highest BCUT2D eigenvalue weighted by Gasteiger charge is 2.20. The third kappa shape index (κ3) is 2.53. The summed E-state index contributed by atoms with van der Waals surface area (Å²) < 4.78 is 29.0. The van der Waals surface area contributed by atoms with E-state index in [9.17, 15) is 13.6 Å². The van der Waals surface area contributed by atoms with Crippen molar-refractivity contribution in [2.24, 2.45) is 0 Å². The molecule has 0 spiro atoms. The molecule has 9 heteroatoms. The Balaban J connectivity index is 2.17. The third-order valence-electron chi connectivity index (χ3n) is 1.69. The zero-order valence-electron chi connectivity index (χ0n) is 7.95. The highest BCUT2D eigenvalue weighted by molar-refractivity contribution is 7.04. The van der Waals surface area contributed by atoms with Gasteiger partial charge in [0.2, 0.25) is 16.2 Å². The third-order valence-corrected chi connectivity index (χ3v) is 2.50. The first kappa shape index (κ1) is 11.8. The van der Waals surface area contributed by atoms with Gasteiger partial charge in [0.15, 0.2) is 5.69 Å². The highest BCUT2D eigenvalue weighted by Crippen LogP contribution is 2.16. The van der Waals surface area contributed by atoms with E-state index in [1.807, 2.05) is 0 Å². The van der Waals surface area contributed by atoms with Crippen LogP contribution >= 0.6 is 23.1 Å². The molecule has 0 saturated carbocycles. The summed E-state index contributed by atoms with van der Waals surface area (Å²) in [5.41, 5.74) is -0.408. The number of hydrogen-bond acceptors (Lipinski definition) is 5. The minimum Gasteiger partial charge on any atom is -0.318 e. The molecular weight excluding hydrogens is 274 g/mol. The molecule has 17 heavy (non-hydrogen) atoms. The number of anilines is 1. The average molecular weight is 277 g/mol. The molecule has 2 aromatic heterocycles. The molecule has 0 aromatic carbocycles. The average Bonchev–Trinajstić information content (AvgIpc) is 2.63. The van der Waals surface area contributed by atoms with Crippen molar-refractivity contribution in [1.29, 1.82) is 0 Å². The Morgan fingerprint density at radius 1 is 1.35 bits per heavy atom. The van der Waals surface area contributed by atoms with Crippen LogP contribution in [0.5, 0.6) is 0 Å². The van der Waals surface area contributed by atoms with Crippen molar-refractivity contribution >= 4 is 34.7 Å². The first-order valence-electron chi connectivity index (χ1n) is 4.17. The van der Waals surface area contributed by atoms with Gasteiger partial charge in [0.25, 0.3) is 5.91 Å². The summed E-state index contributed by atoms with van der Waals surface area (Å²) in [4.78, 5) is 18.7. The quantitative estimate of drug-likeness (QED) is 0.853. The number of halogens is 3. The van der Waals surface area contributed by atoms with Crippen LogP contribution in [0.15, 0.2) is 12.4 Å². The monoisotopic (exact) mass is 276 g/mol. The summed E-state index contributed by atoms with van der Waals surface area (Å²) in [7, 11) is 0. The van der Waals surface area contributed by atoms with Gasteiger partial charge in [-0.3, -0.25) is 4.79 Å². The SMILES string of the molecule is O=C(Nc1cnc(Cl)nc1)c1nsc(F)c1F. The van der Waals surface area contributed by atoms with Crippen LogP contribution < -0.4 is 5.32 Å². The summed E-state index contributed by atoms with van der Waals surface area (Å²) in [6.07, 6.45) is 2.46. The molecule has 1 amide bonds. The Morgan fingerprint density at radius 2 is 2.00 bits per heavy atom. The van der Waals surface area contributed by atoms with Crippen LogP contribution in [0.1, 0.15) is 10.5 Å². The van der Waals surface area contributed by atoms with Crippen LogP contribution in [-0.4, -0.2) is 20.2 Å². The van der Waals surface area contributed by atoms with Crippen molar-refractivity contribution in [1.82, 2.24) is 14.3 Å². The molecule has 0 bridgehead atoms. The van der Waals surface area contributed by atoms with Gasteiger partial charge in [-0.05, 0) is 23.1 Å². The number of carbonyl (C=O) groups is 1. The van der Waals surface area contributed by atoms with Crippen molar-refractivity contribution in [3.63, 3.8) is 0 Å². The Labute approximate surface area is 103 Å². The van der Waals surface area contributed by atoms with Crippen LogP contribution in [0.3, 0.4) is 0 Å². The van der Waals surface area contributed by atoms with Crippen LogP contribution in [0.4, 0.5) is 14.5 Å². The van der Waals surface area contributed by atoms with Gasteiger partial charge in [-0.25, -0.2) is 14.4 Å². The molecular formula is C8H3ClF2N4OS. The lowest BCUT2D eigenvalue weighted by Crippen LogP contribution is -2.14. The summed E-state index contributed by atoms with van der Waals surface area (Å²) in [6, 6.07) is 0. The van der Waals surface area contributed by atoms with E-state index in [0.29, 0.717) is 0 Å². The molecule has 0 saturated heterocycles. The fourth-order valence-corrected chi connectivity index (χ4v) is 1.58. The summed E-state index contributed by atoms with van der Waals surface area (Å²) >= 11 is 5.71. The van der Waals surface area contributed by atoms with E-state index in [1.165, 1.54) is 12.4 Å². The molecule has 0 fully saturated rings. The van der Waals surface area contributed by atoms with E-state index in [1.54, 1.807) is 0 Å². The van der Waals surface area contributed by atoms with Gasteiger partial charge in [0.05, 0.1) is 18.1 Å². The number of carbonyl (C=O) groups excluding carboxylic acids is 1.